The van der Waals surface area contributed by atoms with Crippen LogP contribution in [0.3, 0.4) is 0 Å². The third-order valence-electron chi connectivity index (χ3n) is 3.37. The lowest BCUT2D eigenvalue weighted by atomic mass is 10.2. The number of nitrogens with zero attached hydrogens (tertiary/aromatic N) is 1. The van der Waals surface area contributed by atoms with Gasteiger partial charge in [0.1, 0.15) is 16.8 Å². The Hall–Kier alpha value is -3.38. The van der Waals surface area contributed by atoms with Gasteiger partial charge in [-0.2, -0.15) is 5.26 Å². The van der Waals surface area contributed by atoms with E-state index in [-0.39, 0.29) is 18.9 Å². The largest absolute Gasteiger partial charge is 0.496 e. The molecule has 27 heavy (non-hydrogen) atoms. The summed E-state index contributed by atoms with van der Waals surface area (Å²) in [5.74, 6) is -1.11. The van der Waals surface area contributed by atoms with E-state index in [0.717, 1.165) is 0 Å². The first-order valence-electron chi connectivity index (χ1n) is 7.89. The number of rotatable bonds is 8. The molecule has 8 nitrogen and oxygen atoms in total. The molecule has 2 amide bonds. The summed E-state index contributed by atoms with van der Waals surface area (Å²) in [6.45, 7) is -0.414. The minimum atomic E-state index is -0.628. The van der Waals surface area contributed by atoms with E-state index in [2.05, 4.69) is 10.6 Å². The second-order valence-corrected chi connectivity index (χ2v) is 6.11. The summed E-state index contributed by atoms with van der Waals surface area (Å²) >= 11 is 1.20. The number of esters is 1. The molecule has 0 atom stereocenters. The Kier molecular flexibility index (Phi) is 7.34. The molecule has 1 aromatic heterocycles. The van der Waals surface area contributed by atoms with Gasteiger partial charge in [-0.25, -0.2) is 0 Å². The van der Waals surface area contributed by atoms with Crippen molar-refractivity contribution in [1.82, 2.24) is 5.32 Å². The number of amides is 2. The standard InChI is InChI=1S/C18H17N3O5S/c1-25-14-5-3-2-4-13(14)17(24)20-8-6-16(23)26-11-15(22)21-18-12(10-19)7-9-27-18/h2-5,7,9H,6,8,11H2,1H3,(H,20,24)(H,21,22). The maximum atomic E-state index is 12.1. The van der Waals surface area contributed by atoms with Crippen LogP contribution < -0.4 is 15.4 Å². The van der Waals surface area contributed by atoms with Gasteiger partial charge in [-0.15, -0.1) is 11.3 Å². The molecule has 0 aliphatic rings. The lowest BCUT2D eigenvalue weighted by molar-refractivity contribution is -0.147. The van der Waals surface area contributed by atoms with Crippen LogP contribution in [0, 0.1) is 11.3 Å². The number of para-hydroxylation sites is 1. The van der Waals surface area contributed by atoms with Crippen LogP contribution in [0.4, 0.5) is 5.00 Å². The molecule has 0 bridgehead atoms. The van der Waals surface area contributed by atoms with E-state index in [1.54, 1.807) is 35.7 Å². The van der Waals surface area contributed by atoms with E-state index >= 15 is 0 Å². The molecular formula is C18H17N3O5S. The molecule has 0 aliphatic heterocycles. The number of carbonyl (C=O) groups is 3. The van der Waals surface area contributed by atoms with Crippen molar-refractivity contribution >= 4 is 34.1 Å². The van der Waals surface area contributed by atoms with Gasteiger partial charge in [0.15, 0.2) is 6.61 Å². The Bertz CT molecular complexity index is 872. The zero-order valence-electron chi connectivity index (χ0n) is 14.5. The summed E-state index contributed by atoms with van der Waals surface area (Å²) in [4.78, 5) is 35.5. The van der Waals surface area contributed by atoms with Crippen LogP contribution in [-0.4, -0.2) is 38.0 Å². The molecule has 2 rings (SSSR count). The molecule has 1 aromatic carbocycles. The van der Waals surface area contributed by atoms with E-state index in [0.29, 0.717) is 21.9 Å². The Labute approximate surface area is 159 Å². The highest BCUT2D eigenvalue weighted by Gasteiger charge is 2.13. The SMILES string of the molecule is COc1ccccc1C(=O)NCCC(=O)OCC(=O)Nc1sccc1C#N. The molecule has 0 fully saturated rings. The number of methoxy groups -OCH3 is 1. The van der Waals surface area contributed by atoms with Gasteiger partial charge < -0.3 is 20.1 Å². The van der Waals surface area contributed by atoms with Crippen molar-refractivity contribution in [3.63, 3.8) is 0 Å². The van der Waals surface area contributed by atoms with Crippen LogP contribution in [0.5, 0.6) is 5.75 Å². The number of nitrogens with one attached hydrogen (secondary N) is 2. The van der Waals surface area contributed by atoms with E-state index < -0.39 is 18.5 Å². The van der Waals surface area contributed by atoms with Gasteiger partial charge in [0.05, 0.1) is 24.7 Å². The quantitative estimate of drug-likeness (QED) is 0.669. The molecule has 0 saturated heterocycles. The third kappa shape index (κ3) is 5.83. The van der Waals surface area contributed by atoms with Crippen molar-refractivity contribution in [2.24, 2.45) is 0 Å². The van der Waals surface area contributed by atoms with Gasteiger partial charge in [0.25, 0.3) is 11.8 Å². The molecule has 1 heterocycles. The Morgan fingerprint density at radius 1 is 1.22 bits per heavy atom. The number of ether oxygens (including phenoxy) is 2. The van der Waals surface area contributed by atoms with E-state index in [1.807, 2.05) is 6.07 Å². The second-order valence-electron chi connectivity index (χ2n) is 5.19. The average Bonchev–Trinajstić information content (AvgIpc) is 3.13. The van der Waals surface area contributed by atoms with Gasteiger partial charge in [-0.05, 0) is 23.6 Å². The van der Waals surface area contributed by atoms with Gasteiger partial charge in [0.2, 0.25) is 0 Å². The van der Waals surface area contributed by atoms with Crippen molar-refractivity contribution in [1.29, 1.82) is 5.26 Å². The minimum absolute atomic E-state index is 0.0564. The fraction of sp³-hybridized carbons (Fsp3) is 0.222. The predicted molar refractivity (Wildman–Crippen MR) is 98.6 cm³/mol. The zero-order chi connectivity index (χ0) is 19.6. The molecule has 140 valence electrons. The third-order valence-corrected chi connectivity index (χ3v) is 4.20. The van der Waals surface area contributed by atoms with Crippen LogP contribution in [-0.2, 0) is 14.3 Å². The van der Waals surface area contributed by atoms with E-state index in [4.69, 9.17) is 14.7 Å². The van der Waals surface area contributed by atoms with Gasteiger partial charge in [-0.3, -0.25) is 14.4 Å². The monoisotopic (exact) mass is 387 g/mol. The van der Waals surface area contributed by atoms with Crippen molar-refractivity contribution in [3.8, 4) is 11.8 Å². The first-order valence-corrected chi connectivity index (χ1v) is 8.77. The number of benzene rings is 1. The van der Waals surface area contributed by atoms with Crippen LogP contribution >= 0.6 is 11.3 Å². The zero-order valence-corrected chi connectivity index (χ0v) is 15.3. The van der Waals surface area contributed by atoms with Crippen molar-refractivity contribution in [2.75, 3.05) is 25.6 Å². The van der Waals surface area contributed by atoms with E-state index in [1.165, 1.54) is 18.4 Å². The molecule has 0 aliphatic carbocycles. The lowest BCUT2D eigenvalue weighted by Gasteiger charge is -2.09. The topological polar surface area (TPSA) is 118 Å². The fourth-order valence-corrected chi connectivity index (χ4v) is 2.83. The minimum Gasteiger partial charge on any atom is -0.496 e. The highest BCUT2D eigenvalue weighted by Crippen LogP contribution is 2.21. The summed E-state index contributed by atoms with van der Waals surface area (Å²) in [7, 11) is 1.46. The molecule has 0 radical (unpaired) electrons. The second kappa shape index (κ2) is 9.94. The van der Waals surface area contributed by atoms with Crippen LogP contribution in [0.15, 0.2) is 35.7 Å². The highest BCUT2D eigenvalue weighted by atomic mass is 32.1. The van der Waals surface area contributed by atoms with Crippen LogP contribution in [0.1, 0.15) is 22.3 Å². The Morgan fingerprint density at radius 3 is 2.74 bits per heavy atom. The molecule has 0 unspecified atom stereocenters. The van der Waals surface area contributed by atoms with Crippen molar-refractivity contribution < 1.29 is 23.9 Å². The van der Waals surface area contributed by atoms with E-state index in [9.17, 15) is 14.4 Å². The number of anilines is 1. The summed E-state index contributed by atoms with van der Waals surface area (Å²) in [6.07, 6.45) is -0.0867. The smallest absolute Gasteiger partial charge is 0.308 e. The maximum absolute atomic E-state index is 12.1. The predicted octanol–water partition coefficient (Wildman–Crippen LogP) is 1.93. The summed E-state index contributed by atoms with van der Waals surface area (Å²) < 4.78 is 9.96. The number of carbonyl (C=O) groups excluding carboxylic acids is 3. The highest BCUT2D eigenvalue weighted by molar-refractivity contribution is 7.14. The summed E-state index contributed by atoms with van der Waals surface area (Å²) in [6, 6.07) is 10.2. The normalized spacial score (nSPS) is 9.78. The molecule has 0 spiro atoms. The van der Waals surface area contributed by atoms with Crippen LogP contribution in [0.25, 0.3) is 0 Å². The number of hydrogen-bond acceptors (Lipinski definition) is 7. The Morgan fingerprint density at radius 2 is 2.00 bits per heavy atom. The number of nitriles is 1. The summed E-state index contributed by atoms with van der Waals surface area (Å²) in [5, 5.41) is 16.0. The van der Waals surface area contributed by atoms with Crippen molar-refractivity contribution in [3.05, 3.63) is 46.8 Å². The molecule has 9 heteroatoms. The maximum Gasteiger partial charge on any atom is 0.308 e. The average molecular weight is 387 g/mol. The Balaban J connectivity index is 1.71. The van der Waals surface area contributed by atoms with Gasteiger partial charge >= 0.3 is 5.97 Å². The molecule has 2 aromatic rings. The molecule has 2 N–H and O–H groups in total. The lowest BCUT2D eigenvalue weighted by Crippen LogP contribution is -2.28. The first-order chi connectivity index (χ1) is 13.0. The van der Waals surface area contributed by atoms with Gasteiger partial charge in [-0.1, -0.05) is 12.1 Å². The number of thiophene rings is 1. The summed E-state index contributed by atoms with van der Waals surface area (Å²) in [5.41, 5.74) is 0.704. The van der Waals surface area contributed by atoms with Crippen molar-refractivity contribution in [2.45, 2.75) is 6.42 Å². The van der Waals surface area contributed by atoms with Gasteiger partial charge in [0, 0.05) is 6.54 Å². The number of hydrogen-bond donors (Lipinski definition) is 2. The molecular weight excluding hydrogens is 370 g/mol. The fourth-order valence-electron chi connectivity index (χ4n) is 2.08. The first kappa shape index (κ1) is 19.9. The molecule has 0 saturated carbocycles. The van der Waals surface area contributed by atoms with Crippen LogP contribution in [0.2, 0.25) is 0 Å².